The maximum Gasteiger partial charge on any atom is 0.247 e. The summed E-state index contributed by atoms with van der Waals surface area (Å²) in [6, 6.07) is 21.4. The zero-order valence-corrected chi connectivity index (χ0v) is 23.8. The second-order valence-corrected chi connectivity index (χ2v) is 10.2. The molecule has 10 nitrogen and oxygen atoms in total. The molecule has 0 radical (unpaired) electrons. The predicted molar refractivity (Wildman–Crippen MR) is 158 cm³/mol. The maximum atomic E-state index is 13.9. The van der Waals surface area contributed by atoms with E-state index in [-0.39, 0.29) is 24.9 Å². The SMILES string of the molecule is CCC(C(=O)Nc1ccc(OC)cc1)N(Cc1nc(-c2ccc(OC)cc2)cs1)C(=O)Cn1nnc2ccccc21. The second kappa shape index (κ2) is 12.6. The lowest BCUT2D eigenvalue weighted by Gasteiger charge is -2.29. The molecule has 1 atom stereocenters. The summed E-state index contributed by atoms with van der Waals surface area (Å²) < 4.78 is 12.0. The molecule has 3 aromatic carbocycles. The fraction of sp³-hybridized carbons (Fsp3) is 0.233. The molecule has 11 heteroatoms. The number of carbonyl (C=O) groups is 2. The van der Waals surface area contributed by atoms with Crippen molar-refractivity contribution in [2.45, 2.75) is 32.5 Å². The van der Waals surface area contributed by atoms with E-state index in [0.29, 0.717) is 28.4 Å². The van der Waals surface area contributed by atoms with Crippen molar-refractivity contribution in [2.24, 2.45) is 0 Å². The Kier molecular flexibility index (Phi) is 8.54. The van der Waals surface area contributed by atoms with Crippen LogP contribution in [0.25, 0.3) is 22.3 Å². The molecule has 0 spiro atoms. The molecule has 0 aliphatic carbocycles. The van der Waals surface area contributed by atoms with Crippen LogP contribution in [0.1, 0.15) is 18.4 Å². The number of benzene rings is 3. The summed E-state index contributed by atoms with van der Waals surface area (Å²) in [5.41, 5.74) is 3.77. The quantitative estimate of drug-likeness (QED) is 0.237. The molecular weight excluding hydrogens is 540 g/mol. The van der Waals surface area contributed by atoms with E-state index in [9.17, 15) is 9.59 Å². The number of ether oxygens (including phenoxy) is 2. The average Bonchev–Trinajstić information content (AvgIpc) is 3.65. The van der Waals surface area contributed by atoms with E-state index in [1.807, 2.05) is 60.8 Å². The number of carbonyl (C=O) groups excluding carboxylic acids is 2. The third-order valence-electron chi connectivity index (χ3n) is 6.69. The second-order valence-electron chi connectivity index (χ2n) is 9.25. The van der Waals surface area contributed by atoms with Crippen LogP contribution < -0.4 is 14.8 Å². The molecule has 2 heterocycles. The van der Waals surface area contributed by atoms with Crippen LogP contribution in [0, 0.1) is 0 Å². The molecule has 2 aromatic heterocycles. The number of methoxy groups -OCH3 is 2. The van der Waals surface area contributed by atoms with Crippen molar-refractivity contribution in [3.8, 4) is 22.8 Å². The van der Waals surface area contributed by atoms with Gasteiger partial charge in [0.1, 0.15) is 34.6 Å². The highest BCUT2D eigenvalue weighted by atomic mass is 32.1. The van der Waals surface area contributed by atoms with Crippen LogP contribution >= 0.6 is 11.3 Å². The van der Waals surface area contributed by atoms with Crippen LogP contribution in [0.5, 0.6) is 11.5 Å². The largest absolute Gasteiger partial charge is 0.497 e. The molecule has 5 aromatic rings. The minimum Gasteiger partial charge on any atom is -0.497 e. The van der Waals surface area contributed by atoms with Crippen LogP contribution in [0.4, 0.5) is 5.69 Å². The average molecular weight is 571 g/mol. The Balaban J connectivity index is 1.41. The number of para-hydroxylation sites is 1. The predicted octanol–water partition coefficient (Wildman–Crippen LogP) is 5.02. The molecule has 0 fully saturated rings. The Morgan fingerprint density at radius 2 is 1.66 bits per heavy atom. The Morgan fingerprint density at radius 1 is 0.976 bits per heavy atom. The summed E-state index contributed by atoms with van der Waals surface area (Å²) in [7, 11) is 3.21. The molecule has 0 bridgehead atoms. The zero-order valence-electron chi connectivity index (χ0n) is 23.0. The highest BCUT2D eigenvalue weighted by molar-refractivity contribution is 7.09. The lowest BCUT2D eigenvalue weighted by Crippen LogP contribution is -2.47. The summed E-state index contributed by atoms with van der Waals surface area (Å²) in [6.07, 6.45) is 0.405. The van der Waals surface area contributed by atoms with Crippen LogP contribution in [0.15, 0.2) is 78.2 Å². The minimum absolute atomic E-state index is 0.0659. The fourth-order valence-corrected chi connectivity index (χ4v) is 5.30. The van der Waals surface area contributed by atoms with Gasteiger partial charge in [0.05, 0.1) is 32.0 Å². The van der Waals surface area contributed by atoms with Crippen LogP contribution in [-0.4, -0.2) is 57.0 Å². The standard InChI is InChI=1S/C30H30N6O4S/c1-4-26(30(38)31-21-11-15-23(40-3)16-12-21)35(29(37)18-36-27-8-6-5-7-24(27)33-34-36)17-28-32-25(19-41-28)20-9-13-22(39-2)14-10-20/h5-16,19,26H,4,17-18H2,1-3H3,(H,31,38). The molecule has 1 N–H and O–H groups in total. The molecule has 210 valence electrons. The van der Waals surface area contributed by atoms with Gasteiger partial charge >= 0.3 is 0 Å². The summed E-state index contributed by atoms with van der Waals surface area (Å²) in [4.78, 5) is 33.7. The van der Waals surface area contributed by atoms with Gasteiger partial charge in [-0.2, -0.15) is 0 Å². The van der Waals surface area contributed by atoms with Gasteiger partial charge in [0.2, 0.25) is 11.8 Å². The first-order valence-corrected chi connectivity index (χ1v) is 14.0. The highest BCUT2D eigenvalue weighted by Gasteiger charge is 2.30. The smallest absolute Gasteiger partial charge is 0.247 e. The Hall–Kier alpha value is -4.77. The third-order valence-corrected chi connectivity index (χ3v) is 7.53. The molecule has 41 heavy (non-hydrogen) atoms. The zero-order chi connectivity index (χ0) is 28.8. The number of nitrogens with one attached hydrogen (secondary N) is 1. The topological polar surface area (TPSA) is 111 Å². The maximum absolute atomic E-state index is 13.9. The van der Waals surface area contributed by atoms with Crippen molar-refractivity contribution in [3.63, 3.8) is 0 Å². The summed E-state index contributed by atoms with van der Waals surface area (Å²) >= 11 is 1.44. The van der Waals surface area contributed by atoms with E-state index in [4.69, 9.17) is 14.5 Å². The van der Waals surface area contributed by atoms with E-state index in [1.165, 1.54) is 11.3 Å². The van der Waals surface area contributed by atoms with Gasteiger partial charge in [0, 0.05) is 16.6 Å². The van der Waals surface area contributed by atoms with Crippen LogP contribution in [0.2, 0.25) is 0 Å². The van der Waals surface area contributed by atoms with Gasteiger partial charge in [-0.05, 0) is 67.1 Å². The lowest BCUT2D eigenvalue weighted by atomic mass is 10.1. The summed E-state index contributed by atoms with van der Waals surface area (Å²) in [5.74, 6) is 0.888. The molecule has 0 aliphatic rings. The van der Waals surface area contributed by atoms with Crippen molar-refractivity contribution in [3.05, 3.63) is 83.2 Å². The van der Waals surface area contributed by atoms with E-state index in [2.05, 4.69) is 15.6 Å². The Labute approximate surface area is 241 Å². The summed E-state index contributed by atoms with van der Waals surface area (Å²) in [6.45, 7) is 1.98. The molecule has 1 unspecified atom stereocenters. The summed E-state index contributed by atoms with van der Waals surface area (Å²) in [5, 5.41) is 14.0. The van der Waals surface area contributed by atoms with Gasteiger partial charge in [-0.25, -0.2) is 9.67 Å². The van der Waals surface area contributed by atoms with E-state index < -0.39 is 6.04 Å². The highest BCUT2D eigenvalue weighted by Crippen LogP contribution is 2.26. The van der Waals surface area contributed by atoms with E-state index in [1.54, 1.807) is 48.1 Å². The van der Waals surface area contributed by atoms with Gasteiger partial charge < -0.3 is 19.7 Å². The normalized spacial score (nSPS) is 11.7. The van der Waals surface area contributed by atoms with Crippen molar-refractivity contribution in [1.82, 2.24) is 24.9 Å². The first kappa shape index (κ1) is 27.8. The Bertz CT molecular complexity index is 1630. The minimum atomic E-state index is -0.743. The van der Waals surface area contributed by atoms with Gasteiger partial charge in [0.15, 0.2) is 0 Å². The van der Waals surface area contributed by atoms with Gasteiger partial charge in [-0.1, -0.05) is 24.3 Å². The molecule has 0 saturated heterocycles. The third kappa shape index (κ3) is 6.36. The number of amides is 2. The number of hydrogen-bond acceptors (Lipinski definition) is 8. The lowest BCUT2D eigenvalue weighted by molar-refractivity contribution is -0.140. The van der Waals surface area contributed by atoms with Crippen molar-refractivity contribution >= 4 is 39.9 Å². The van der Waals surface area contributed by atoms with Crippen molar-refractivity contribution < 1.29 is 19.1 Å². The number of thiazole rings is 1. The molecular formula is C30H30N6O4S. The van der Waals surface area contributed by atoms with Crippen molar-refractivity contribution in [1.29, 1.82) is 0 Å². The van der Waals surface area contributed by atoms with E-state index in [0.717, 1.165) is 22.5 Å². The molecule has 5 rings (SSSR count). The number of nitrogens with zero attached hydrogens (tertiary/aromatic N) is 5. The number of aromatic nitrogens is 4. The fourth-order valence-electron chi connectivity index (χ4n) is 4.50. The number of hydrogen-bond donors (Lipinski definition) is 1. The van der Waals surface area contributed by atoms with E-state index >= 15 is 0 Å². The van der Waals surface area contributed by atoms with Crippen LogP contribution in [-0.2, 0) is 22.7 Å². The van der Waals surface area contributed by atoms with Gasteiger partial charge in [0.25, 0.3) is 0 Å². The van der Waals surface area contributed by atoms with Gasteiger partial charge in [-0.15, -0.1) is 16.4 Å². The number of anilines is 1. The Morgan fingerprint density at radius 3 is 2.34 bits per heavy atom. The molecule has 0 aliphatic heterocycles. The molecule has 0 saturated carbocycles. The first-order chi connectivity index (χ1) is 20.0. The number of rotatable bonds is 11. The van der Waals surface area contributed by atoms with Crippen LogP contribution in [0.3, 0.4) is 0 Å². The van der Waals surface area contributed by atoms with Crippen molar-refractivity contribution in [2.75, 3.05) is 19.5 Å². The number of fused-ring (bicyclic) bond motifs is 1. The first-order valence-electron chi connectivity index (χ1n) is 13.1. The molecule has 2 amide bonds. The van der Waals surface area contributed by atoms with Gasteiger partial charge in [-0.3, -0.25) is 9.59 Å². The monoisotopic (exact) mass is 570 g/mol.